The van der Waals surface area contributed by atoms with Crippen LogP contribution in [0, 0.1) is 0 Å². The van der Waals surface area contributed by atoms with Crippen molar-refractivity contribution in [2.75, 3.05) is 0 Å². The van der Waals surface area contributed by atoms with E-state index in [0.29, 0.717) is 5.58 Å². The molecule has 3 nitrogen and oxygen atoms in total. The molecule has 0 aliphatic heterocycles. The van der Waals surface area contributed by atoms with Crippen LogP contribution >= 0.6 is 15.9 Å². The van der Waals surface area contributed by atoms with E-state index >= 15 is 0 Å². The Bertz CT molecular complexity index is 742. The standard InChI is InChI=1S/C13H8BrNO2/c14-9-5-1-2-6-10(9)15-11-7-3-4-8-12(11)17-13(15)16/h1-8H. The molecule has 0 bridgehead atoms. The zero-order valence-electron chi connectivity index (χ0n) is 8.76. The fraction of sp³-hybridized carbons (Fsp3) is 0. The minimum atomic E-state index is -0.377. The number of hydrogen-bond donors (Lipinski definition) is 0. The Hall–Kier alpha value is -1.81. The summed E-state index contributed by atoms with van der Waals surface area (Å²) in [7, 11) is 0. The van der Waals surface area contributed by atoms with E-state index < -0.39 is 0 Å². The van der Waals surface area contributed by atoms with Crippen LogP contribution in [0.15, 0.2) is 62.2 Å². The molecule has 0 atom stereocenters. The van der Waals surface area contributed by atoms with Gasteiger partial charge in [0.15, 0.2) is 5.58 Å². The van der Waals surface area contributed by atoms with Gasteiger partial charge in [0.25, 0.3) is 0 Å². The highest BCUT2D eigenvalue weighted by atomic mass is 79.9. The molecule has 0 aliphatic carbocycles. The van der Waals surface area contributed by atoms with Gasteiger partial charge in [0.2, 0.25) is 0 Å². The van der Waals surface area contributed by atoms with E-state index in [2.05, 4.69) is 15.9 Å². The van der Waals surface area contributed by atoms with E-state index in [-0.39, 0.29) is 5.76 Å². The number of benzene rings is 2. The maximum Gasteiger partial charge on any atom is 0.424 e. The summed E-state index contributed by atoms with van der Waals surface area (Å²) in [5.74, 6) is -0.377. The molecule has 0 saturated carbocycles. The van der Waals surface area contributed by atoms with Crippen molar-refractivity contribution >= 4 is 27.0 Å². The molecule has 3 aromatic rings. The van der Waals surface area contributed by atoms with Crippen LogP contribution in [-0.2, 0) is 0 Å². The van der Waals surface area contributed by atoms with Crippen molar-refractivity contribution in [3.63, 3.8) is 0 Å². The largest absolute Gasteiger partial charge is 0.424 e. The molecular formula is C13H8BrNO2. The minimum Gasteiger partial charge on any atom is -0.407 e. The van der Waals surface area contributed by atoms with Gasteiger partial charge in [-0.05, 0) is 40.2 Å². The first-order chi connectivity index (χ1) is 8.27. The van der Waals surface area contributed by atoms with Crippen molar-refractivity contribution in [3.05, 3.63) is 63.6 Å². The third kappa shape index (κ3) is 1.61. The normalized spacial score (nSPS) is 10.9. The molecule has 0 aliphatic rings. The maximum atomic E-state index is 11.9. The predicted octanol–water partition coefficient (Wildman–Crippen LogP) is 3.35. The average Bonchev–Trinajstić information content (AvgIpc) is 2.66. The molecule has 0 fully saturated rings. The SMILES string of the molecule is O=c1oc2ccccc2n1-c1ccccc1Br. The Morgan fingerprint density at radius 2 is 1.71 bits per heavy atom. The van der Waals surface area contributed by atoms with Gasteiger partial charge in [-0.3, -0.25) is 0 Å². The topological polar surface area (TPSA) is 35.1 Å². The summed E-state index contributed by atoms with van der Waals surface area (Å²) >= 11 is 3.44. The third-order valence-electron chi connectivity index (χ3n) is 2.58. The van der Waals surface area contributed by atoms with E-state index in [1.807, 2.05) is 42.5 Å². The summed E-state index contributed by atoms with van der Waals surface area (Å²) in [6.07, 6.45) is 0. The number of para-hydroxylation sites is 3. The van der Waals surface area contributed by atoms with Crippen LogP contribution in [0.3, 0.4) is 0 Å². The monoisotopic (exact) mass is 289 g/mol. The van der Waals surface area contributed by atoms with E-state index in [9.17, 15) is 4.79 Å². The van der Waals surface area contributed by atoms with Crippen LogP contribution < -0.4 is 5.76 Å². The second-order valence-corrected chi connectivity index (χ2v) is 4.48. The molecule has 0 saturated heterocycles. The lowest BCUT2D eigenvalue weighted by Gasteiger charge is -2.03. The molecule has 4 heteroatoms. The Morgan fingerprint density at radius 3 is 2.53 bits per heavy atom. The van der Waals surface area contributed by atoms with E-state index in [1.165, 1.54) is 0 Å². The highest BCUT2D eigenvalue weighted by molar-refractivity contribution is 9.10. The molecule has 0 spiro atoms. The lowest BCUT2D eigenvalue weighted by molar-refractivity contribution is 0.540. The third-order valence-corrected chi connectivity index (χ3v) is 3.25. The van der Waals surface area contributed by atoms with Gasteiger partial charge in [0.1, 0.15) is 0 Å². The Morgan fingerprint density at radius 1 is 1.00 bits per heavy atom. The van der Waals surface area contributed by atoms with Crippen LogP contribution in [0.1, 0.15) is 0 Å². The molecular weight excluding hydrogens is 282 g/mol. The first-order valence-electron chi connectivity index (χ1n) is 5.13. The van der Waals surface area contributed by atoms with Gasteiger partial charge < -0.3 is 4.42 Å². The number of rotatable bonds is 1. The summed E-state index contributed by atoms with van der Waals surface area (Å²) in [5.41, 5.74) is 2.14. The number of halogens is 1. The van der Waals surface area contributed by atoms with E-state index in [4.69, 9.17) is 4.42 Å². The number of nitrogens with zero attached hydrogens (tertiary/aromatic N) is 1. The number of fused-ring (bicyclic) bond motifs is 1. The van der Waals surface area contributed by atoms with Gasteiger partial charge in [-0.1, -0.05) is 24.3 Å². The molecule has 0 N–H and O–H groups in total. The second kappa shape index (κ2) is 3.89. The van der Waals surface area contributed by atoms with Crippen molar-refractivity contribution in [3.8, 4) is 5.69 Å². The summed E-state index contributed by atoms with van der Waals surface area (Å²) in [4.78, 5) is 11.9. The van der Waals surface area contributed by atoms with E-state index in [1.54, 1.807) is 10.6 Å². The summed E-state index contributed by atoms with van der Waals surface area (Å²) in [6, 6.07) is 14.9. The number of hydrogen-bond acceptors (Lipinski definition) is 2. The second-order valence-electron chi connectivity index (χ2n) is 3.62. The highest BCUT2D eigenvalue weighted by Crippen LogP contribution is 2.23. The van der Waals surface area contributed by atoms with Crippen molar-refractivity contribution in [1.29, 1.82) is 0 Å². The molecule has 0 amide bonds. The fourth-order valence-electron chi connectivity index (χ4n) is 1.83. The minimum absolute atomic E-state index is 0.377. The summed E-state index contributed by atoms with van der Waals surface area (Å²) in [6.45, 7) is 0. The van der Waals surface area contributed by atoms with E-state index in [0.717, 1.165) is 15.7 Å². The molecule has 3 rings (SSSR count). The van der Waals surface area contributed by atoms with Gasteiger partial charge in [-0.25, -0.2) is 9.36 Å². The molecule has 1 heterocycles. The predicted molar refractivity (Wildman–Crippen MR) is 69.5 cm³/mol. The Balaban J connectivity index is 2.42. The molecule has 2 aromatic carbocycles. The summed E-state index contributed by atoms with van der Waals surface area (Å²) in [5, 5.41) is 0. The van der Waals surface area contributed by atoms with Gasteiger partial charge in [-0.2, -0.15) is 0 Å². The Kier molecular flexibility index (Phi) is 2.37. The molecule has 0 unspecified atom stereocenters. The molecule has 17 heavy (non-hydrogen) atoms. The van der Waals surface area contributed by atoms with Crippen molar-refractivity contribution in [1.82, 2.24) is 4.57 Å². The smallest absolute Gasteiger partial charge is 0.407 e. The van der Waals surface area contributed by atoms with Crippen LogP contribution in [-0.4, -0.2) is 4.57 Å². The first kappa shape index (κ1) is 10.4. The lowest BCUT2D eigenvalue weighted by atomic mass is 10.3. The van der Waals surface area contributed by atoms with Crippen molar-refractivity contribution in [2.24, 2.45) is 0 Å². The molecule has 1 aromatic heterocycles. The van der Waals surface area contributed by atoms with Crippen molar-refractivity contribution < 1.29 is 4.42 Å². The van der Waals surface area contributed by atoms with Crippen LogP contribution in [0.5, 0.6) is 0 Å². The van der Waals surface area contributed by atoms with Crippen molar-refractivity contribution in [2.45, 2.75) is 0 Å². The van der Waals surface area contributed by atoms with Crippen LogP contribution in [0.2, 0.25) is 0 Å². The average molecular weight is 290 g/mol. The fourth-order valence-corrected chi connectivity index (χ4v) is 2.29. The van der Waals surface area contributed by atoms with Crippen LogP contribution in [0.25, 0.3) is 16.8 Å². The zero-order chi connectivity index (χ0) is 11.8. The number of aromatic nitrogens is 1. The molecule has 0 radical (unpaired) electrons. The Labute approximate surface area is 105 Å². The van der Waals surface area contributed by atoms with Crippen LogP contribution in [0.4, 0.5) is 0 Å². The zero-order valence-corrected chi connectivity index (χ0v) is 10.3. The lowest BCUT2D eigenvalue weighted by Crippen LogP contribution is -2.11. The van der Waals surface area contributed by atoms with Gasteiger partial charge in [0, 0.05) is 4.47 Å². The molecule has 84 valence electrons. The highest BCUT2D eigenvalue weighted by Gasteiger charge is 2.11. The van der Waals surface area contributed by atoms with Gasteiger partial charge in [0.05, 0.1) is 11.2 Å². The van der Waals surface area contributed by atoms with Gasteiger partial charge >= 0.3 is 5.76 Å². The summed E-state index contributed by atoms with van der Waals surface area (Å²) < 4.78 is 7.61. The van der Waals surface area contributed by atoms with Gasteiger partial charge in [-0.15, -0.1) is 0 Å². The first-order valence-corrected chi connectivity index (χ1v) is 5.92. The maximum absolute atomic E-state index is 11.9. The number of oxazole rings is 1. The quantitative estimate of drug-likeness (QED) is 0.689.